The van der Waals surface area contributed by atoms with Crippen molar-refractivity contribution in [3.8, 4) is 19.5 Å². The van der Waals surface area contributed by atoms with Gasteiger partial charge in [-0.25, -0.2) is 14.8 Å². The first-order valence-corrected chi connectivity index (χ1v) is 15.6. The van der Waals surface area contributed by atoms with Crippen molar-refractivity contribution < 1.29 is 9.53 Å². The molecule has 5 aromatic heterocycles. The molecule has 0 amide bonds. The molecule has 0 spiro atoms. The highest BCUT2D eigenvalue weighted by molar-refractivity contribution is 7.23. The van der Waals surface area contributed by atoms with Crippen molar-refractivity contribution in [2.24, 2.45) is 9.98 Å². The zero-order chi connectivity index (χ0) is 24.9. The van der Waals surface area contributed by atoms with Crippen molar-refractivity contribution in [2.75, 3.05) is 6.61 Å². The molecule has 0 saturated carbocycles. The van der Waals surface area contributed by atoms with Crippen LogP contribution in [0.3, 0.4) is 0 Å². The number of carbonyl (C=O) groups is 1. The summed E-state index contributed by atoms with van der Waals surface area (Å²) in [4.78, 5) is 29.4. The van der Waals surface area contributed by atoms with Crippen LogP contribution in [-0.4, -0.2) is 25.0 Å². The van der Waals surface area contributed by atoms with Crippen LogP contribution in [0, 0.1) is 0 Å². The van der Waals surface area contributed by atoms with Gasteiger partial charge in [0.15, 0.2) is 0 Å². The van der Waals surface area contributed by atoms with Gasteiger partial charge in [-0.3, -0.25) is 0 Å². The van der Waals surface area contributed by atoms with E-state index in [0.29, 0.717) is 23.6 Å². The predicted molar refractivity (Wildman–Crippen MR) is 159 cm³/mol. The third kappa shape index (κ3) is 5.50. The molecule has 0 radical (unpaired) electrons. The molecule has 0 bridgehead atoms. The lowest BCUT2D eigenvalue weighted by Crippen LogP contribution is -2.06. The summed E-state index contributed by atoms with van der Waals surface area (Å²) >= 11 is 8.27. The second-order valence-electron chi connectivity index (χ2n) is 7.51. The molecule has 0 aliphatic rings. The summed E-state index contributed by atoms with van der Waals surface area (Å²) in [5.74, 6) is -0.347. The smallest absolute Gasteiger partial charge is 0.341 e. The fourth-order valence-corrected chi connectivity index (χ4v) is 8.07. The first-order chi connectivity index (χ1) is 17.7. The third-order valence-electron chi connectivity index (χ3n) is 5.20. The standard InChI is InChI=1S/C27H22N2O2S5/c1-3-19-24(27(30)31-4-2)26(29-16-18-10-12-23(35-18)21-8-6-14-33-21)36-25(19)28-15-17-9-11-22(34-17)20-7-5-13-32-20/h5-16H,3-4H2,1-2H3. The average molecular weight is 567 g/mol. The van der Waals surface area contributed by atoms with Gasteiger partial charge < -0.3 is 4.74 Å². The van der Waals surface area contributed by atoms with Gasteiger partial charge >= 0.3 is 5.97 Å². The summed E-state index contributed by atoms with van der Waals surface area (Å²) in [5.41, 5.74) is 1.40. The Hall–Kier alpha value is -2.69. The fourth-order valence-electron chi connectivity index (χ4n) is 3.57. The molecule has 5 heterocycles. The molecule has 5 aromatic rings. The van der Waals surface area contributed by atoms with Crippen molar-refractivity contribution in [1.82, 2.24) is 0 Å². The Morgan fingerprint density at radius 2 is 1.36 bits per heavy atom. The molecular weight excluding hydrogens is 545 g/mol. The van der Waals surface area contributed by atoms with E-state index in [9.17, 15) is 4.79 Å². The van der Waals surface area contributed by atoms with Gasteiger partial charge in [-0.05, 0) is 60.5 Å². The number of thiophene rings is 5. The Kier molecular flexibility index (Phi) is 8.03. The summed E-state index contributed by atoms with van der Waals surface area (Å²) in [5, 5.41) is 5.59. The number of rotatable bonds is 9. The second kappa shape index (κ2) is 11.6. The van der Waals surface area contributed by atoms with E-state index < -0.39 is 0 Å². The number of hydrogen-bond donors (Lipinski definition) is 0. The van der Waals surface area contributed by atoms with E-state index in [4.69, 9.17) is 14.7 Å². The van der Waals surface area contributed by atoms with E-state index in [0.717, 1.165) is 20.3 Å². The van der Waals surface area contributed by atoms with Gasteiger partial charge in [-0.15, -0.1) is 45.3 Å². The van der Waals surface area contributed by atoms with Crippen molar-refractivity contribution in [3.63, 3.8) is 0 Å². The van der Waals surface area contributed by atoms with Crippen molar-refractivity contribution >= 4 is 85.1 Å². The number of hydrogen-bond acceptors (Lipinski definition) is 9. The van der Waals surface area contributed by atoms with Gasteiger partial charge in [0.25, 0.3) is 0 Å². The van der Waals surface area contributed by atoms with E-state index in [1.165, 1.54) is 30.8 Å². The molecule has 0 aliphatic heterocycles. The summed E-state index contributed by atoms with van der Waals surface area (Å²) in [6.45, 7) is 4.16. The maximum absolute atomic E-state index is 12.9. The molecule has 0 N–H and O–H groups in total. The lowest BCUT2D eigenvalue weighted by atomic mass is 10.1. The predicted octanol–water partition coefficient (Wildman–Crippen LogP) is 9.57. The van der Waals surface area contributed by atoms with Crippen LogP contribution in [0.4, 0.5) is 10.0 Å². The molecule has 36 heavy (non-hydrogen) atoms. The molecule has 5 rings (SSSR count). The highest BCUT2D eigenvalue weighted by Gasteiger charge is 2.23. The average Bonchev–Trinajstić information content (AvgIpc) is 3.71. The van der Waals surface area contributed by atoms with Crippen LogP contribution in [0.1, 0.15) is 39.5 Å². The lowest BCUT2D eigenvalue weighted by molar-refractivity contribution is 0.0527. The van der Waals surface area contributed by atoms with Crippen LogP contribution in [-0.2, 0) is 11.2 Å². The topological polar surface area (TPSA) is 51.0 Å². The minimum Gasteiger partial charge on any atom is -0.462 e. The summed E-state index contributed by atoms with van der Waals surface area (Å²) < 4.78 is 5.39. The maximum atomic E-state index is 12.9. The highest BCUT2D eigenvalue weighted by atomic mass is 32.1. The zero-order valence-electron chi connectivity index (χ0n) is 19.6. The first kappa shape index (κ1) is 25.0. The molecule has 9 heteroatoms. The maximum Gasteiger partial charge on any atom is 0.341 e. The van der Waals surface area contributed by atoms with E-state index in [1.807, 2.05) is 26.3 Å². The summed E-state index contributed by atoms with van der Waals surface area (Å²) in [6, 6.07) is 16.7. The minimum atomic E-state index is -0.347. The molecule has 0 fully saturated rings. The largest absolute Gasteiger partial charge is 0.462 e. The number of aliphatic imine (C=N–C) groups is 2. The first-order valence-electron chi connectivity index (χ1n) is 11.3. The monoisotopic (exact) mass is 566 g/mol. The van der Waals surface area contributed by atoms with Crippen LogP contribution >= 0.6 is 56.7 Å². The molecular formula is C27H22N2O2S5. The van der Waals surface area contributed by atoms with E-state index in [1.54, 1.807) is 45.3 Å². The minimum absolute atomic E-state index is 0.315. The SMILES string of the molecule is CCOC(=O)c1c(N=Cc2ccc(-c3cccs3)s2)sc(N=Cc2ccc(-c3cccs3)s2)c1CC. The van der Waals surface area contributed by atoms with Crippen LogP contribution < -0.4 is 0 Å². The van der Waals surface area contributed by atoms with Gasteiger partial charge in [0, 0.05) is 47.3 Å². The second-order valence-corrected chi connectivity index (χ2v) is 12.6. The van der Waals surface area contributed by atoms with Crippen LogP contribution in [0.25, 0.3) is 19.5 Å². The number of nitrogens with zero attached hydrogens (tertiary/aromatic N) is 2. The fraction of sp³-hybridized carbons (Fsp3) is 0.148. The van der Waals surface area contributed by atoms with Gasteiger partial charge in [-0.2, -0.15) is 0 Å². The Morgan fingerprint density at radius 1 is 0.778 bits per heavy atom. The normalized spacial score (nSPS) is 11.7. The van der Waals surface area contributed by atoms with E-state index in [-0.39, 0.29) is 5.97 Å². The van der Waals surface area contributed by atoms with Gasteiger partial charge in [0.05, 0.1) is 6.61 Å². The van der Waals surface area contributed by atoms with Gasteiger partial charge in [0.2, 0.25) is 0 Å². The van der Waals surface area contributed by atoms with Crippen molar-refractivity contribution in [2.45, 2.75) is 20.3 Å². The molecule has 0 unspecified atom stereocenters. The summed E-state index contributed by atoms with van der Waals surface area (Å²) in [6.07, 6.45) is 4.37. The Balaban J connectivity index is 1.45. The Morgan fingerprint density at radius 3 is 1.86 bits per heavy atom. The molecule has 4 nitrogen and oxygen atoms in total. The quantitative estimate of drug-likeness (QED) is 0.132. The van der Waals surface area contributed by atoms with Gasteiger partial charge in [0.1, 0.15) is 15.6 Å². The van der Waals surface area contributed by atoms with Crippen LogP contribution in [0.5, 0.6) is 0 Å². The molecule has 0 aliphatic carbocycles. The zero-order valence-corrected chi connectivity index (χ0v) is 23.7. The van der Waals surface area contributed by atoms with Gasteiger partial charge in [-0.1, -0.05) is 30.4 Å². The number of ether oxygens (including phenoxy) is 1. The Labute approximate surface area is 229 Å². The lowest BCUT2D eigenvalue weighted by Gasteiger charge is -2.03. The highest BCUT2D eigenvalue weighted by Crippen LogP contribution is 2.43. The third-order valence-corrected chi connectivity index (χ3v) is 10.4. The number of carbonyl (C=O) groups excluding carboxylic acids is 1. The molecule has 0 aromatic carbocycles. The van der Waals surface area contributed by atoms with E-state index >= 15 is 0 Å². The Bertz CT molecular complexity index is 1500. The van der Waals surface area contributed by atoms with Crippen molar-refractivity contribution in [3.05, 3.63) is 80.2 Å². The molecule has 182 valence electrons. The molecule has 0 saturated heterocycles. The number of esters is 1. The van der Waals surface area contributed by atoms with E-state index in [2.05, 4.69) is 59.3 Å². The van der Waals surface area contributed by atoms with Crippen molar-refractivity contribution in [1.29, 1.82) is 0 Å². The van der Waals surface area contributed by atoms with Crippen LogP contribution in [0.2, 0.25) is 0 Å². The van der Waals surface area contributed by atoms with Crippen LogP contribution in [0.15, 0.2) is 69.3 Å². The summed E-state index contributed by atoms with van der Waals surface area (Å²) in [7, 11) is 0. The molecule has 0 atom stereocenters.